The smallest absolute Gasteiger partial charge is 0.356 e. The molecule has 1 aromatic heterocycles. The van der Waals surface area contributed by atoms with Crippen molar-refractivity contribution in [1.82, 2.24) is 9.78 Å². The molecule has 0 bridgehead atoms. The zero-order chi connectivity index (χ0) is 11.3. The molecule has 0 saturated heterocycles. The van der Waals surface area contributed by atoms with Crippen molar-refractivity contribution in [2.75, 3.05) is 0 Å². The Morgan fingerprint density at radius 1 is 1.60 bits per heavy atom. The molecule has 0 aliphatic heterocycles. The molecule has 6 heteroatoms. The van der Waals surface area contributed by atoms with Crippen molar-refractivity contribution in [3.05, 3.63) is 28.2 Å². The molecule has 1 rings (SSSR count). The second-order valence-corrected chi connectivity index (χ2v) is 2.85. The average Bonchev–Trinajstić information content (AvgIpc) is 2.20. The van der Waals surface area contributed by atoms with Crippen LogP contribution in [-0.2, 0) is 6.54 Å². The average molecular weight is 207 g/mol. The highest BCUT2D eigenvalue weighted by Crippen LogP contribution is 1.93. The molecule has 0 saturated carbocycles. The lowest BCUT2D eigenvalue weighted by molar-refractivity contribution is 0.0687. The maximum Gasteiger partial charge on any atom is 0.356 e. The number of carboxylic acid groups (broad SMARTS) is 1. The first-order chi connectivity index (χ1) is 7.15. The summed E-state index contributed by atoms with van der Waals surface area (Å²) in [5.74, 6) is -1.18. The highest BCUT2D eigenvalue weighted by molar-refractivity contribution is 5.84. The van der Waals surface area contributed by atoms with Gasteiger partial charge in [0.05, 0.1) is 6.07 Å². The minimum Gasteiger partial charge on any atom is -0.476 e. The predicted molar refractivity (Wildman–Crippen MR) is 50.3 cm³/mol. The van der Waals surface area contributed by atoms with Crippen LogP contribution in [0.4, 0.5) is 0 Å². The lowest BCUT2D eigenvalue weighted by Gasteiger charge is -2.02. The number of nitriles is 1. The number of rotatable bonds is 4. The summed E-state index contributed by atoms with van der Waals surface area (Å²) < 4.78 is 1.06. The molecule has 0 aliphatic carbocycles. The second kappa shape index (κ2) is 4.91. The monoisotopic (exact) mass is 207 g/mol. The van der Waals surface area contributed by atoms with E-state index in [1.807, 2.05) is 6.07 Å². The standard InChI is InChI=1S/C9H9N3O3/c10-5-1-2-6-12-8(13)4-3-7(11-12)9(14)15/h3-4H,1-2,6H2,(H,14,15). The van der Waals surface area contributed by atoms with Crippen LogP contribution in [0.3, 0.4) is 0 Å². The fourth-order valence-electron chi connectivity index (χ4n) is 1.03. The minimum atomic E-state index is -1.18. The summed E-state index contributed by atoms with van der Waals surface area (Å²) in [5.41, 5.74) is -0.538. The number of aryl methyl sites for hydroxylation is 1. The molecular weight excluding hydrogens is 198 g/mol. The van der Waals surface area contributed by atoms with Crippen molar-refractivity contribution in [2.45, 2.75) is 19.4 Å². The summed E-state index contributed by atoms with van der Waals surface area (Å²) in [6, 6.07) is 4.25. The van der Waals surface area contributed by atoms with Crippen LogP contribution in [0.15, 0.2) is 16.9 Å². The number of unbranched alkanes of at least 4 members (excludes halogenated alkanes) is 1. The zero-order valence-corrected chi connectivity index (χ0v) is 7.88. The highest BCUT2D eigenvalue weighted by Gasteiger charge is 2.06. The summed E-state index contributed by atoms with van der Waals surface area (Å²) in [4.78, 5) is 21.8. The highest BCUT2D eigenvalue weighted by atomic mass is 16.4. The van der Waals surface area contributed by atoms with E-state index < -0.39 is 5.97 Å². The van der Waals surface area contributed by atoms with Gasteiger partial charge in [-0.25, -0.2) is 9.48 Å². The third kappa shape index (κ3) is 2.91. The largest absolute Gasteiger partial charge is 0.476 e. The Morgan fingerprint density at radius 3 is 2.93 bits per heavy atom. The molecule has 0 fully saturated rings. The van der Waals surface area contributed by atoms with Crippen molar-refractivity contribution < 1.29 is 9.90 Å². The van der Waals surface area contributed by atoms with E-state index in [1.54, 1.807) is 0 Å². The zero-order valence-electron chi connectivity index (χ0n) is 7.88. The van der Waals surface area contributed by atoms with Crippen LogP contribution in [0.25, 0.3) is 0 Å². The molecule has 15 heavy (non-hydrogen) atoms. The normalized spacial score (nSPS) is 9.53. The number of hydrogen-bond donors (Lipinski definition) is 1. The third-order valence-corrected chi connectivity index (χ3v) is 1.74. The van der Waals surface area contributed by atoms with Crippen LogP contribution in [0.1, 0.15) is 23.3 Å². The van der Waals surface area contributed by atoms with E-state index in [2.05, 4.69) is 5.10 Å². The van der Waals surface area contributed by atoms with Gasteiger partial charge in [0.25, 0.3) is 5.56 Å². The van der Waals surface area contributed by atoms with E-state index in [-0.39, 0.29) is 17.8 Å². The molecular formula is C9H9N3O3. The van der Waals surface area contributed by atoms with Gasteiger partial charge in [-0.1, -0.05) is 0 Å². The van der Waals surface area contributed by atoms with Crippen LogP contribution in [0.2, 0.25) is 0 Å². The number of carboxylic acids is 1. The van der Waals surface area contributed by atoms with Gasteiger partial charge in [-0.3, -0.25) is 4.79 Å². The Morgan fingerprint density at radius 2 is 2.33 bits per heavy atom. The van der Waals surface area contributed by atoms with Crippen LogP contribution in [-0.4, -0.2) is 20.9 Å². The van der Waals surface area contributed by atoms with Gasteiger partial charge in [0.2, 0.25) is 0 Å². The quantitative estimate of drug-likeness (QED) is 0.713. The Kier molecular flexibility index (Phi) is 3.57. The molecule has 0 radical (unpaired) electrons. The third-order valence-electron chi connectivity index (χ3n) is 1.74. The molecule has 0 unspecified atom stereocenters. The number of nitrogens with zero attached hydrogens (tertiary/aromatic N) is 3. The van der Waals surface area contributed by atoms with Gasteiger partial charge < -0.3 is 5.11 Å². The number of aromatic carboxylic acids is 1. The summed E-state index contributed by atoms with van der Waals surface area (Å²) in [7, 11) is 0. The van der Waals surface area contributed by atoms with Crippen LogP contribution in [0.5, 0.6) is 0 Å². The maximum atomic E-state index is 11.2. The number of aromatic nitrogens is 2. The lowest BCUT2D eigenvalue weighted by Crippen LogP contribution is -2.24. The van der Waals surface area contributed by atoms with Gasteiger partial charge in [0, 0.05) is 19.0 Å². The molecule has 0 amide bonds. The molecule has 0 atom stereocenters. The van der Waals surface area contributed by atoms with E-state index in [0.29, 0.717) is 12.8 Å². The van der Waals surface area contributed by atoms with E-state index in [4.69, 9.17) is 10.4 Å². The first kappa shape index (κ1) is 10.9. The van der Waals surface area contributed by atoms with Crippen molar-refractivity contribution in [1.29, 1.82) is 5.26 Å². The van der Waals surface area contributed by atoms with Crippen molar-refractivity contribution in [2.24, 2.45) is 0 Å². The molecule has 78 valence electrons. The molecule has 1 heterocycles. The van der Waals surface area contributed by atoms with Gasteiger partial charge in [-0.05, 0) is 12.5 Å². The van der Waals surface area contributed by atoms with E-state index in [0.717, 1.165) is 16.8 Å². The van der Waals surface area contributed by atoms with Crippen LogP contribution < -0.4 is 5.56 Å². The summed E-state index contributed by atoms with van der Waals surface area (Å²) in [6.07, 6.45) is 0.790. The first-order valence-electron chi connectivity index (χ1n) is 4.33. The minimum absolute atomic E-state index is 0.174. The topological polar surface area (TPSA) is 96.0 Å². The summed E-state index contributed by atoms with van der Waals surface area (Å²) in [6.45, 7) is 0.257. The number of carbonyl (C=O) groups is 1. The Labute approximate surface area is 85.4 Å². The first-order valence-corrected chi connectivity index (χ1v) is 4.33. The van der Waals surface area contributed by atoms with Gasteiger partial charge in [0.15, 0.2) is 5.69 Å². The Hall–Kier alpha value is -2.16. The van der Waals surface area contributed by atoms with Gasteiger partial charge in [-0.15, -0.1) is 0 Å². The molecule has 1 aromatic rings. The lowest BCUT2D eigenvalue weighted by atomic mass is 10.3. The van der Waals surface area contributed by atoms with Crippen molar-refractivity contribution in [3.63, 3.8) is 0 Å². The number of hydrogen-bond acceptors (Lipinski definition) is 4. The van der Waals surface area contributed by atoms with Gasteiger partial charge in [-0.2, -0.15) is 10.4 Å². The van der Waals surface area contributed by atoms with E-state index in [9.17, 15) is 9.59 Å². The van der Waals surface area contributed by atoms with Crippen LogP contribution in [0, 0.1) is 11.3 Å². The van der Waals surface area contributed by atoms with Crippen molar-refractivity contribution in [3.8, 4) is 6.07 Å². The van der Waals surface area contributed by atoms with E-state index in [1.165, 1.54) is 0 Å². The second-order valence-electron chi connectivity index (χ2n) is 2.85. The maximum absolute atomic E-state index is 11.2. The Balaban J connectivity index is 2.87. The van der Waals surface area contributed by atoms with Crippen LogP contribution >= 0.6 is 0 Å². The van der Waals surface area contributed by atoms with Crippen molar-refractivity contribution >= 4 is 5.97 Å². The van der Waals surface area contributed by atoms with Gasteiger partial charge in [0.1, 0.15) is 0 Å². The molecule has 1 N–H and O–H groups in total. The molecule has 0 aliphatic rings. The van der Waals surface area contributed by atoms with Gasteiger partial charge >= 0.3 is 5.97 Å². The molecule has 0 spiro atoms. The fourth-order valence-corrected chi connectivity index (χ4v) is 1.03. The van der Waals surface area contributed by atoms with E-state index >= 15 is 0 Å². The Bertz CT molecular complexity index is 458. The SMILES string of the molecule is N#CCCCn1nc(C(=O)O)ccc1=O. The molecule has 0 aromatic carbocycles. The molecule has 6 nitrogen and oxygen atoms in total. The predicted octanol–water partition coefficient (Wildman–Crippen LogP) is 0.245. The fraction of sp³-hybridized carbons (Fsp3) is 0.333. The summed E-state index contributed by atoms with van der Waals surface area (Å²) in [5, 5.41) is 20.6. The summed E-state index contributed by atoms with van der Waals surface area (Å²) >= 11 is 0.